The highest BCUT2D eigenvalue weighted by atomic mass is 16.6. The molecule has 0 aliphatic carbocycles. The number of carbonyl (C=O) groups excluding carboxylic acids is 1. The van der Waals surface area contributed by atoms with Crippen LogP contribution in [0.5, 0.6) is 0 Å². The minimum Gasteiger partial charge on any atom is -0.618 e. The fourth-order valence-corrected chi connectivity index (χ4v) is 1.42. The Morgan fingerprint density at radius 2 is 2.26 bits per heavy atom. The van der Waals surface area contributed by atoms with Gasteiger partial charge in [0.05, 0.1) is 7.11 Å². The molecule has 8 nitrogen and oxygen atoms in total. The summed E-state index contributed by atoms with van der Waals surface area (Å²) in [4.78, 5) is 14.9. The van der Waals surface area contributed by atoms with Crippen molar-refractivity contribution in [3.63, 3.8) is 0 Å². The van der Waals surface area contributed by atoms with Gasteiger partial charge in [-0.15, -0.1) is 5.17 Å². The van der Waals surface area contributed by atoms with Crippen LogP contribution in [0.1, 0.15) is 5.69 Å². The molecule has 0 fully saturated rings. The summed E-state index contributed by atoms with van der Waals surface area (Å²) in [5.41, 5.74) is 0.918. The normalized spacial score (nSPS) is 12.7. The third-order valence-electron chi connectivity index (χ3n) is 2.35. The van der Waals surface area contributed by atoms with Crippen LogP contribution in [0, 0.1) is 10.4 Å². The van der Waals surface area contributed by atoms with Crippen LogP contribution in [0.2, 0.25) is 0 Å². The monoisotopic (exact) mass is 262 g/mol. The van der Waals surface area contributed by atoms with Crippen LogP contribution in [0.3, 0.4) is 0 Å². The molecule has 1 aromatic heterocycles. The van der Waals surface area contributed by atoms with E-state index in [2.05, 4.69) is 14.8 Å². The van der Waals surface area contributed by atoms with E-state index in [1.54, 1.807) is 24.3 Å². The number of ether oxygens (including phenoxy) is 1. The zero-order valence-electron chi connectivity index (χ0n) is 9.94. The molecule has 19 heavy (non-hydrogen) atoms. The number of hydrogen-bond donors (Lipinski definition) is 1. The third kappa shape index (κ3) is 2.64. The van der Waals surface area contributed by atoms with Gasteiger partial charge in [-0.3, -0.25) is 0 Å². The van der Waals surface area contributed by atoms with Crippen molar-refractivity contribution in [2.75, 3.05) is 7.11 Å². The minimum absolute atomic E-state index is 0.0518. The van der Waals surface area contributed by atoms with Gasteiger partial charge in [0.15, 0.2) is 6.21 Å². The third-order valence-corrected chi connectivity index (χ3v) is 2.35. The molecular formula is C11H10N4O4. The fraction of sp³-hybridized carbons (Fsp3) is 0.0909. The van der Waals surface area contributed by atoms with Crippen LogP contribution in [0.25, 0.3) is 11.0 Å². The smallest absolute Gasteiger partial charge is 0.541 e. The summed E-state index contributed by atoms with van der Waals surface area (Å²) in [7, 11) is 1.07. The zero-order valence-corrected chi connectivity index (χ0v) is 9.94. The van der Waals surface area contributed by atoms with E-state index in [0.717, 1.165) is 13.3 Å². The Balaban J connectivity index is 2.34. The number of nitrogens with one attached hydrogen (secondary N) is 1. The van der Waals surface area contributed by atoms with Gasteiger partial charge in [0.25, 0.3) is 5.69 Å². The van der Waals surface area contributed by atoms with Gasteiger partial charge in [-0.25, -0.2) is 4.98 Å². The van der Waals surface area contributed by atoms with Gasteiger partial charge in [0.2, 0.25) is 5.52 Å². The highest BCUT2D eigenvalue weighted by Crippen LogP contribution is 2.05. The fourth-order valence-electron chi connectivity index (χ4n) is 1.42. The minimum atomic E-state index is -1.09. The van der Waals surface area contributed by atoms with Gasteiger partial charge in [0.1, 0.15) is 11.7 Å². The first-order chi connectivity index (χ1) is 9.13. The Hall–Kier alpha value is -2.58. The number of hydrogen-bond acceptors (Lipinski definition) is 6. The van der Waals surface area contributed by atoms with E-state index in [0.29, 0.717) is 15.8 Å². The molecule has 0 bridgehead atoms. The maximum atomic E-state index is 11.9. The van der Waals surface area contributed by atoms with Gasteiger partial charge in [-0.05, 0) is 6.07 Å². The van der Waals surface area contributed by atoms with E-state index < -0.39 is 11.3 Å². The van der Waals surface area contributed by atoms with E-state index in [9.17, 15) is 15.2 Å². The number of nitrogens with zero attached hydrogens (tertiary/aromatic N) is 3. The zero-order chi connectivity index (χ0) is 13.8. The molecule has 0 aliphatic heterocycles. The van der Waals surface area contributed by atoms with E-state index in [-0.39, 0.29) is 5.69 Å². The second-order valence-corrected chi connectivity index (χ2v) is 3.52. The Kier molecular flexibility index (Phi) is 3.64. The van der Waals surface area contributed by atoms with Gasteiger partial charge in [-0.1, -0.05) is 17.2 Å². The Labute approximate surface area is 107 Å². The number of benzene rings is 1. The Morgan fingerprint density at radius 3 is 3.00 bits per heavy atom. The first kappa shape index (κ1) is 12.9. The maximum absolute atomic E-state index is 11.9. The summed E-state index contributed by atoms with van der Waals surface area (Å²) < 4.78 is 4.78. The summed E-state index contributed by atoms with van der Waals surface area (Å²) in [5.74, 6) is 0. The lowest BCUT2D eigenvalue weighted by Crippen LogP contribution is -3.05. The van der Waals surface area contributed by atoms with E-state index in [1.165, 1.54) is 6.20 Å². The first-order valence-electron chi connectivity index (χ1n) is 5.27. The number of methoxy groups -OCH3 is 1. The van der Waals surface area contributed by atoms with Crippen LogP contribution in [-0.4, -0.2) is 24.4 Å². The summed E-state index contributed by atoms with van der Waals surface area (Å²) in [6.07, 6.45) is 1.15. The van der Waals surface area contributed by atoms with Crippen LogP contribution in [0.15, 0.2) is 35.6 Å². The molecule has 0 saturated heterocycles. The van der Waals surface area contributed by atoms with Crippen molar-refractivity contribution in [1.29, 1.82) is 0 Å². The number of aromatic nitrogens is 2. The SMILES string of the molecule is COC(=O)[NH+]([O-])N=Cc1cnc2ccccc2[n+]1[O-]. The topological polar surface area (TPSA) is 106 Å². The second-order valence-electron chi connectivity index (χ2n) is 3.52. The van der Waals surface area contributed by atoms with Crippen molar-refractivity contribution in [2.45, 2.75) is 0 Å². The number of quaternary nitrogens is 1. The molecule has 0 spiro atoms. The van der Waals surface area contributed by atoms with Crippen molar-refractivity contribution >= 4 is 23.3 Å². The van der Waals surface area contributed by atoms with Crippen LogP contribution in [0.4, 0.5) is 4.79 Å². The van der Waals surface area contributed by atoms with Gasteiger partial charge >= 0.3 is 6.09 Å². The lowest BCUT2D eigenvalue weighted by molar-refractivity contribution is -0.774. The molecular weight excluding hydrogens is 252 g/mol. The van der Waals surface area contributed by atoms with Gasteiger partial charge in [0, 0.05) is 6.07 Å². The summed E-state index contributed by atoms with van der Waals surface area (Å²) in [6.45, 7) is 0. The highest BCUT2D eigenvalue weighted by Gasteiger charge is 2.12. The largest absolute Gasteiger partial charge is 0.618 e. The van der Waals surface area contributed by atoms with Crippen molar-refractivity contribution in [2.24, 2.45) is 5.10 Å². The van der Waals surface area contributed by atoms with E-state index >= 15 is 0 Å². The standard InChI is InChI=1S/C11H10N4O4/c1-19-11(16)15(18)13-7-8-6-12-9-4-2-3-5-10(9)14(8)17/h2-7,15H,1H3. The number of para-hydroxylation sites is 2. The van der Waals surface area contributed by atoms with E-state index in [4.69, 9.17) is 0 Å². The molecule has 0 radical (unpaired) electrons. The summed E-state index contributed by atoms with van der Waals surface area (Å²) >= 11 is 0. The quantitative estimate of drug-likeness (QED) is 0.335. The number of rotatable bonds is 2. The Bertz CT molecular complexity index is 644. The molecule has 1 unspecified atom stereocenters. The molecule has 1 amide bonds. The number of carbonyl (C=O) groups is 1. The van der Waals surface area contributed by atoms with Gasteiger partial charge in [-0.2, -0.15) is 9.52 Å². The predicted molar refractivity (Wildman–Crippen MR) is 65.0 cm³/mol. The van der Waals surface area contributed by atoms with E-state index in [1.807, 2.05) is 0 Å². The molecule has 1 atom stereocenters. The number of hydroxylamine groups is 1. The van der Waals surface area contributed by atoms with Crippen molar-refractivity contribution < 1.29 is 19.4 Å². The molecule has 1 aromatic carbocycles. The predicted octanol–water partition coefficient (Wildman–Crippen LogP) is -0.649. The van der Waals surface area contributed by atoms with Crippen LogP contribution >= 0.6 is 0 Å². The molecule has 0 aliphatic rings. The molecule has 2 rings (SSSR count). The average Bonchev–Trinajstić information content (AvgIpc) is 2.45. The maximum Gasteiger partial charge on any atom is 0.541 e. The van der Waals surface area contributed by atoms with Crippen molar-refractivity contribution in [3.05, 3.63) is 46.6 Å². The number of amides is 1. The highest BCUT2D eigenvalue weighted by molar-refractivity contribution is 5.78. The average molecular weight is 262 g/mol. The van der Waals surface area contributed by atoms with Crippen LogP contribution in [-0.2, 0) is 4.74 Å². The van der Waals surface area contributed by atoms with Crippen LogP contribution < -0.4 is 9.90 Å². The lowest BCUT2D eigenvalue weighted by atomic mass is 10.3. The molecule has 2 aromatic rings. The summed E-state index contributed by atoms with van der Waals surface area (Å²) in [6, 6.07) is 6.72. The molecule has 1 heterocycles. The lowest BCUT2D eigenvalue weighted by Gasteiger charge is -2.09. The summed E-state index contributed by atoms with van der Waals surface area (Å²) in [5, 5.41) is 25.3. The second kappa shape index (κ2) is 5.38. The Morgan fingerprint density at radius 1 is 1.53 bits per heavy atom. The molecule has 98 valence electrons. The van der Waals surface area contributed by atoms with Crippen molar-refractivity contribution in [1.82, 2.24) is 4.98 Å². The molecule has 1 N–H and O–H groups in total. The molecule has 8 heteroatoms. The van der Waals surface area contributed by atoms with Gasteiger partial charge < -0.3 is 15.2 Å². The molecule has 0 saturated carbocycles. The van der Waals surface area contributed by atoms with Crippen molar-refractivity contribution in [3.8, 4) is 0 Å². The number of fused-ring (bicyclic) bond motifs is 1. The first-order valence-corrected chi connectivity index (χ1v) is 5.27.